The Kier molecular flexibility index (Phi) is 3.65. The van der Waals surface area contributed by atoms with Crippen molar-refractivity contribution in [2.24, 2.45) is 13.0 Å². The molecular weight excluding hydrogens is 196 g/mol. The molecule has 0 bridgehead atoms. The maximum Gasteiger partial charge on any atom is 0.413 e. The predicted molar refractivity (Wildman–Crippen MR) is 55.4 cm³/mol. The third kappa shape index (κ3) is 3.23. The molecule has 0 aliphatic rings. The van der Waals surface area contributed by atoms with Crippen molar-refractivity contribution in [1.82, 2.24) is 15.0 Å². The summed E-state index contributed by atoms with van der Waals surface area (Å²) in [6.07, 6.45) is 0.856. The monoisotopic (exact) mass is 212 g/mol. The first kappa shape index (κ1) is 11.5. The van der Waals surface area contributed by atoms with Crippen LogP contribution in [0.3, 0.4) is 0 Å². The second kappa shape index (κ2) is 4.77. The lowest BCUT2D eigenvalue weighted by Crippen LogP contribution is -2.24. The smallest absolute Gasteiger partial charge is 0.413 e. The van der Waals surface area contributed by atoms with Crippen molar-refractivity contribution in [3.63, 3.8) is 0 Å². The van der Waals surface area contributed by atoms with Gasteiger partial charge in [-0.2, -0.15) is 0 Å². The van der Waals surface area contributed by atoms with Gasteiger partial charge in [-0.05, 0) is 12.8 Å². The molecule has 1 aromatic heterocycles. The van der Waals surface area contributed by atoms with Crippen LogP contribution >= 0.6 is 0 Å². The highest BCUT2D eigenvalue weighted by Crippen LogP contribution is 2.08. The van der Waals surface area contributed by atoms with Crippen LogP contribution in [0.1, 0.15) is 20.8 Å². The number of carbonyl (C=O) groups is 1. The van der Waals surface area contributed by atoms with E-state index in [1.165, 1.54) is 10.9 Å². The van der Waals surface area contributed by atoms with Crippen LogP contribution in [0.5, 0.6) is 0 Å². The zero-order valence-corrected chi connectivity index (χ0v) is 9.39. The summed E-state index contributed by atoms with van der Waals surface area (Å²) in [5.41, 5.74) is 0. The number of anilines is 1. The van der Waals surface area contributed by atoms with Gasteiger partial charge in [-0.25, -0.2) is 9.48 Å². The molecule has 1 atom stereocenters. The molecule has 0 spiro atoms. The van der Waals surface area contributed by atoms with Crippen LogP contribution in [-0.4, -0.2) is 27.2 Å². The van der Waals surface area contributed by atoms with Gasteiger partial charge in [-0.1, -0.05) is 19.1 Å². The number of ether oxygens (including phenoxy) is 1. The van der Waals surface area contributed by atoms with Gasteiger partial charge in [0.15, 0.2) is 5.82 Å². The summed E-state index contributed by atoms with van der Waals surface area (Å²) in [5, 5.41) is 9.86. The fraction of sp³-hybridized carbons (Fsp3) is 0.667. The lowest BCUT2D eigenvalue weighted by Gasteiger charge is -2.16. The standard InChI is InChI=1S/C9H16N4O2/c1-6(2)7(3)15-9(14)11-8-5-10-12-13(8)4/h5-7H,1-4H3,(H,11,14)/t7-/m1/s1. The second-order valence-corrected chi connectivity index (χ2v) is 3.72. The van der Waals surface area contributed by atoms with Crippen LogP contribution in [0, 0.1) is 5.92 Å². The summed E-state index contributed by atoms with van der Waals surface area (Å²) in [6.45, 7) is 5.83. The molecule has 0 aromatic carbocycles. The van der Waals surface area contributed by atoms with Gasteiger partial charge in [-0.15, -0.1) is 5.10 Å². The number of aromatic nitrogens is 3. The molecule has 0 radical (unpaired) electrons. The van der Waals surface area contributed by atoms with E-state index in [1.54, 1.807) is 7.05 Å². The zero-order chi connectivity index (χ0) is 11.4. The van der Waals surface area contributed by atoms with Crippen LogP contribution in [0.25, 0.3) is 0 Å². The molecular formula is C9H16N4O2. The Morgan fingerprint density at radius 3 is 2.67 bits per heavy atom. The van der Waals surface area contributed by atoms with Gasteiger partial charge in [0.25, 0.3) is 0 Å². The average Bonchev–Trinajstić information content (AvgIpc) is 2.51. The number of amides is 1. The van der Waals surface area contributed by atoms with E-state index in [0.29, 0.717) is 11.7 Å². The van der Waals surface area contributed by atoms with E-state index in [2.05, 4.69) is 15.6 Å². The topological polar surface area (TPSA) is 69.0 Å². The van der Waals surface area contributed by atoms with Crippen molar-refractivity contribution < 1.29 is 9.53 Å². The highest BCUT2D eigenvalue weighted by Gasteiger charge is 2.13. The highest BCUT2D eigenvalue weighted by atomic mass is 16.6. The molecule has 0 fully saturated rings. The maximum absolute atomic E-state index is 11.4. The summed E-state index contributed by atoms with van der Waals surface area (Å²) in [6, 6.07) is 0. The Morgan fingerprint density at radius 2 is 2.20 bits per heavy atom. The van der Waals surface area contributed by atoms with Gasteiger partial charge in [0.2, 0.25) is 0 Å². The van der Waals surface area contributed by atoms with Crippen molar-refractivity contribution in [1.29, 1.82) is 0 Å². The van der Waals surface area contributed by atoms with Gasteiger partial charge in [0.05, 0.1) is 6.20 Å². The van der Waals surface area contributed by atoms with E-state index in [1.807, 2.05) is 20.8 Å². The van der Waals surface area contributed by atoms with E-state index in [0.717, 1.165) is 0 Å². The minimum atomic E-state index is -0.485. The third-order valence-corrected chi connectivity index (χ3v) is 2.18. The van der Waals surface area contributed by atoms with E-state index < -0.39 is 6.09 Å². The van der Waals surface area contributed by atoms with E-state index in [9.17, 15) is 4.79 Å². The normalized spacial score (nSPS) is 12.6. The number of rotatable bonds is 3. The summed E-state index contributed by atoms with van der Waals surface area (Å²) in [5.74, 6) is 0.802. The van der Waals surface area contributed by atoms with Crippen molar-refractivity contribution in [3.8, 4) is 0 Å². The SMILES string of the molecule is CC(C)[C@@H](C)OC(=O)Nc1cnnn1C. The minimum absolute atomic E-state index is 0.119. The first-order chi connectivity index (χ1) is 7.00. The van der Waals surface area contributed by atoms with Gasteiger partial charge < -0.3 is 4.74 Å². The molecule has 1 N–H and O–H groups in total. The number of aryl methyl sites for hydroxylation is 1. The fourth-order valence-corrected chi connectivity index (χ4v) is 0.842. The summed E-state index contributed by atoms with van der Waals surface area (Å²) in [4.78, 5) is 11.4. The zero-order valence-electron chi connectivity index (χ0n) is 9.39. The van der Waals surface area contributed by atoms with Crippen molar-refractivity contribution in [3.05, 3.63) is 6.20 Å². The molecule has 84 valence electrons. The molecule has 0 aliphatic carbocycles. The lowest BCUT2D eigenvalue weighted by atomic mass is 10.1. The third-order valence-electron chi connectivity index (χ3n) is 2.18. The van der Waals surface area contributed by atoms with E-state index in [4.69, 9.17) is 4.74 Å². The number of nitrogens with zero attached hydrogens (tertiary/aromatic N) is 3. The molecule has 0 saturated heterocycles. The van der Waals surface area contributed by atoms with E-state index >= 15 is 0 Å². The molecule has 15 heavy (non-hydrogen) atoms. The number of hydrogen-bond acceptors (Lipinski definition) is 4. The molecule has 6 nitrogen and oxygen atoms in total. The first-order valence-corrected chi connectivity index (χ1v) is 4.83. The van der Waals surface area contributed by atoms with Crippen LogP contribution in [0.2, 0.25) is 0 Å². The fourth-order valence-electron chi connectivity index (χ4n) is 0.842. The van der Waals surface area contributed by atoms with Gasteiger partial charge in [0.1, 0.15) is 6.10 Å². The quantitative estimate of drug-likeness (QED) is 0.822. The van der Waals surface area contributed by atoms with Crippen molar-refractivity contribution in [2.45, 2.75) is 26.9 Å². The Labute approximate surface area is 88.6 Å². The van der Waals surface area contributed by atoms with Crippen molar-refractivity contribution >= 4 is 11.9 Å². The Bertz CT molecular complexity index is 335. The second-order valence-electron chi connectivity index (χ2n) is 3.72. The van der Waals surface area contributed by atoms with E-state index in [-0.39, 0.29) is 6.10 Å². The molecule has 0 unspecified atom stereocenters. The van der Waals surface area contributed by atoms with Crippen LogP contribution < -0.4 is 5.32 Å². The molecule has 0 saturated carbocycles. The maximum atomic E-state index is 11.4. The number of nitrogens with one attached hydrogen (secondary N) is 1. The van der Waals surface area contributed by atoms with Crippen LogP contribution in [-0.2, 0) is 11.8 Å². The highest BCUT2D eigenvalue weighted by molar-refractivity contribution is 5.83. The average molecular weight is 212 g/mol. The van der Waals surface area contributed by atoms with Crippen LogP contribution in [0.4, 0.5) is 10.6 Å². The number of carbonyl (C=O) groups excluding carboxylic acids is 1. The van der Waals surface area contributed by atoms with Gasteiger partial charge in [0, 0.05) is 7.05 Å². The van der Waals surface area contributed by atoms with Crippen molar-refractivity contribution in [2.75, 3.05) is 5.32 Å². The van der Waals surface area contributed by atoms with Gasteiger partial charge >= 0.3 is 6.09 Å². The predicted octanol–water partition coefficient (Wildman–Crippen LogP) is 1.41. The molecule has 1 heterocycles. The van der Waals surface area contributed by atoms with Crippen LogP contribution in [0.15, 0.2) is 6.20 Å². The molecule has 1 aromatic rings. The molecule has 1 amide bonds. The molecule has 6 heteroatoms. The minimum Gasteiger partial charge on any atom is -0.446 e. The lowest BCUT2D eigenvalue weighted by molar-refractivity contribution is 0.0939. The number of hydrogen-bond donors (Lipinski definition) is 1. The summed E-state index contributed by atoms with van der Waals surface area (Å²) < 4.78 is 6.58. The Hall–Kier alpha value is -1.59. The van der Waals surface area contributed by atoms with Gasteiger partial charge in [-0.3, -0.25) is 5.32 Å². The molecule has 1 rings (SSSR count). The molecule has 0 aliphatic heterocycles. The first-order valence-electron chi connectivity index (χ1n) is 4.83. The Balaban J connectivity index is 2.47. The largest absolute Gasteiger partial charge is 0.446 e. The Morgan fingerprint density at radius 1 is 1.53 bits per heavy atom. The summed E-state index contributed by atoms with van der Waals surface area (Å²) in [7, 11) is 1.69. The summed E-state index contributed by atoms with van der Waals surface area (Å²) >= 11 is 0.